The van der Waals surface area contributed by atoms with Crippen molar-refractivity contribution in [3.8, 4) is 23.0 Å². The van der Waals surface area contributed by atoms with Gasteiger partial charge in [-0.05, 0) is 98.0 Å². The van der Waals surface area contributed by atoms with Crippen molar-refractivity contribution in [1.82, 2.24) is 0 Å². The van der Waals surface area contributed by atoms with E-state index in [2.05, 4.69) is 13.2 Å². The first kappa shape index (κ1) is 32.1. The molecule has 0 fully saturated rings. The Balaban J connectivity index is 1.37. The van der Waals surface area contributed by atoms with Gasteiger partial charge in [0, 0.05) is 18.2 Å². The Morgan fingerprint density at radius 3 is 1.67 bits per heavy atom. The lowest BCUT2D eigenvalue weighted by molar-refractivity contribution is -0.138. The summed E-state index contributed by atoms with van der Waals surface area (Å²) in [5.41, 5.74) is 1.06. The Labute approximate surface area is 250 Å². The summed E-state index contributed by atoms with van der Waals surface area (Å²) in [7, 11) is 0. The monoisotopic (exact) mass is 584 g/mol. The summed E-state index contributed by atoms with van der Waals surface area (Å²) in [5, 5.41) is 0. The zero-order chi connectivity index (χ0) is 30.9. The summed E-state index contributed by atoms with van der Waals surface area (Å²) in [4.78, 5) is 46.9. The van der Waals surface area contributed by atoms with Gasteiger partial charge >= 0.3 is 23.9 Å². The maximum Gasteiger partial charge on any atom is 0.343 e. The molecule has 0 saturated heterocycles. The van der Waals surface area contributed by atoms with E-state index in [4.69, 9.17) is 23.7 Å². The summed E-state index contributed by atoms with van der Waals surface area (Å²) in [6.45, 7) is 7.61. The van der Waals surface area contributed by atoms with Gasteiger partial charge in [0.25, 0.3) is 0 Å². The van der Waals surface area contributed by atoms with E-state index in [9.17, 15) is 19.2 Å². The topological polar surface area (TPSA) is 114 Å². The number of benzene rings is 3. The number of carbonyl (C=O) groups is 4. The smallest absolute Gasteiger partial charge is 0.343 e. The lowest BCUT2D eigenvalue weighted by Crippen LogP contribution is -2.08. The van der Waals surface area contributed by atoms with Gasteiger partial charge in [0.15, 0.2) is 0 Å². The predicted octanol–water partition coefficient (Wildman–Crippen LogP) is 6.28. The molecule has 3 rings (SSSR count). The van der Waals surface area contributed by atoms with E-state index in [0.717, 1.165) is 37.8 Å². The maximum absolute atomic E-state index is 12.5. The second-order valence-corrected chi connectivity index (χ2v) is 8.97. The number of ether oxygens (including phenoxy) is 5. The average Bonchev–Trinajstić information content (AvgIpc) is 3.03. The van der Waals surface area contributed by atoms with Gasteiger partial charge in [-0.25, -0.2) is 19.2 Å². The number of carbonyl (C=O) groups excluding carboxylic acids is 4. The molecular formula is C34H32O9. The van der Waals surface area contributed by atoms with E-state index in [1.165, 1.54) is 30.3 Å². The first-order valence-electron chi connectivity index (χ1n) is 13.5. The van der Waals surface area contributed by atoms with E-state index in [-0.39, 0.29) is 11.5 Å². The van der Waals surface area contributed by atoms with E-state index >= 15 is 0 Å². The van der Waals surface area contributed by atoms with Crippen LogP contribution in [-0.4, -0.2) is 37.1 Å². The third kappa shape index (κ3) is 11.9. The molecule has 43 heavy (non-hydrogen) atoms. The van der Waals surface area contributed by atoms with E-state index in [1.807, 2.05) is 0 Å². The largest absolute Gasteiger partial charge is 0.494 e. The molecule has 0 radical (unpaired) electrons. The van der Waals surface area contributed by atoms with Crippen LogP contribution in [0.15, 0.2) is 104 Å². The predicted molar refractivity (Wildman–Crippen MR) is 160 cm³/mol. The normalized spacial score (nSPS) is 10.4. The van der Waals surface area contributed by atoms with Crippen LogP contribution in [0, 0.1) is 0 Å². The van der Waals surface area contributed by atoms with Crippen LogP contribution < -0.4 is 18.9 Å². The molecule has 0 saturated carbocycles. The second kappa shape index (κ2) is 17.4. The first-order chi connectivity index (χ1) is 20.9. The van der Waals surface area contributed by atoms with Crippen LogP contribution in [0.2, 0.25) is 0 Å². The van der Waals surface area contributed by atoms with Crippen LogP contribution in [0.5, 0.6) is 23.0 Å². The molecule has 3 aromatic rings. The minimum atomic E-state index is -0.597. The van der Waals surface area contributed by atoms with Crippen molar-refractivity contribution in [1.29, 1.82) is 0 Å². The van der Waals surface area contributed by atoms with Crippen molar-refractivity contribution in [3.05, 3.63) is 115 Å². The highest BCUT2D eigenvalue weighted by Gasteiger charge is 2.10. The van der Waals surface area contributed by atoms with Crippen LogP contribution in [0.4, 0.5) is 0 Å². The summed E-state index contributed by atoms with van der Waals surface area (Å²) >= 11 is 0. The Morgan fingerprint density at radius 1 is 0.558 bits per heavy atom. The van der Waals surface area contributed by atoms with Crippen molar-refractivity contribution < 1.29 is 42.9 Å². The van der Waals surface area contributed by atoms with E-state index < -0.39 is 23.9 Å². The van der Waals surface area contributed by atoms with Crippen molar-refractivity contribution in [3.63, 3.8) is 0 Å². The van der Waals surface area contributed by atoms with Crippen LogP contribution in [-0.2, 0) is 19.1 Å². The first-order valence-corrected chi connectivity index (χ1v) is 13.5. The van der Waals surface area contributed by atoms with Gasteiger partial charge in [0.2, 0.25) is 0 Å². The Bertz CT molecular complexity index is 1420. The van der Waals surface area contributed by atoms with E-state index in [0.29, 0.717) is 35.8 Å². The third-order valence-corrected chi connectivity index (χ3v) is 5.74. The molecule has 9 heteroatoms. The van der Waals surface area contributed by atoms with Gasteiger partial charge < -0.3 is 23.7 Å². The minimum absolute atomic E-state index is 0.277. The zero-order valence-corrected chi connectivity index (χ0v) is 23.6. The highest BCUT2D eigenvalue weighted by atomic mass is 16.5. The van der Waals surface area contributed by atoms with Crippen molar-refractivity contribution in [2.75, 3.05) is 13.2 Å². The molecule has 0 aromatic heterocycles. The van der Waals surface area contributed by atoms with Gasteiger partial charge in [-0.15, -0.1) is 0 Å². The fourth-order valence-electron chi connectivity index (χ4n) is 3.53. The molecule has 0 amide bonds. The Kier molecular flexibility index (Phi) is 13.0. The Hall–Kier alpha value is -5.44. The maximum atomic E-state index is 12.5. The highest BCUT2D eigenvalue weighted by molar-refractivity contribution is 5.91. The van der Waals surface area contributed by atoms with Gasteiger partial charge in [-0.3, -0.25) is 0 Å². The number of unbranched alkanes of at least 4 members (excludes halogenated alkanes) is 3. The average molecular weight is 585 g/mol. The number of hydrogen-bond acceptors (Lipinski definition) is 9. The van der Waals surface area contributed by atoms with Crippen LogP contribution in [0.3, 0.4) is 0 Å². The lowest BCUT2D eigenvalue weighted by atomic mass is 10.2. The van der Waals surface area contributed by atoms with Crippen molar-refractivity contribution in [2.45, 2.75) is 25.7 Å². The summed E-state index contributed by atoms with van der Waals surface area (Å²) in [5.74, 6) is -0.539. The fourth-order valence-corrected chi connectivity index (χ4v) is 3.53. The molecule has 3 aromatic carbocycles. The summed E-state index contributed by atoms with van der Waals surface area (Å²) in [6.07, 6.45) is 8.54. The molecule has 222 valence electrons. The highest BCUT2D eigenvalue weighted by Crippen LogP contribution is 2.20. The van der Waals surface area contributed by atoms with Gasteiger partial charge in [-0.1, -0.05) is 25.3 Å². The van der Waals surface area contributed by atoms with Gasteiger partial charge in [0.1, 0.15) is 23.0 Å². The van der Waals surface area contributed by atoms with Crippen LogP contribution in [0.1, 0.15) is 41.6 Å². The van der Waals surface area contributed by atoms with Crippen LogP contribution >= 0.6 is 0 Å². The molecule has 0 bridgehead atoms. The number of hydrogen-bond donors (Lipinski definition) is 0. The van der Waals surface area contributed by atoms with E-state index in [1.54, 1.807) is 54.6 Å². The molecule has 0 N–H and O–H groups in total. The zero-order valence-electron chi connectivity index (χ0n) is 23.6. The number of rotatable bonds is 16. The fraction of sp³-hybridized carbons (Fsp3) is 0.176. The van der Waals surface area contributed by atoms with Crippen molar-refractivity contribution in [2.24, 2.45) is 0 Å². The summed E-state index contributed by atoms with van der Waals surface area (Å²) in [6, 6.07) is 19.3. The molecule has 9 nitrogen and oxygen atoms in total. The third-order valence-electron chi connectivity index (χ3n) is 5.74. The molecule has 0 heterocycles. The quantitative estimate of drug-likeness (QED) is 0.0830. The van der Waals surface area contributed by atoms with Crippen molar-refractivity contribution >= 4 is 30.0 Å². The molecule has 0 aliphatic rings. The molecule has 0 atom stereocenters. The minimum Gasteiger partial charge on any atom is -0.494 e. The van der Waals surface area contributed by atoms with Crippen LogP contribution in [0.25, 0.3) is 6.08 Å². The SMILES string of the molecule is C=CC(=O)OCCCCCCOc1ccc(C(=O)Oc2ccc(OC(=O)/C=C/c3ccc(OC(=O)C=C)cc3)cc2)cc1. The molecule has 0 aliphatic heterocycles. The number of esters is 4. The molecule has 0 spiro atoms. The van der Waals surface area contributed by atoms with Gasteiger partial charge in [0.05, 0.1) is 18.8 Å². The Morgan fingerprint density at radius 2 is 1.07 bits per heavy atom. The molecule has 0 unspecified atom stereocenters. The van der Waals surface area contributed by atoms with Gasteiger partial charge in [-0.2, -0.15) is 0 Å². The second-order valence-electron chi connectivity index (χ2n) is 8.97. The lowest BCUT2D eigenvalue weighted by Gasteiger charge is -2.08. The molecular weight excluding hydrogens is 552 g/mol. The standard InChI is InChI=1S/C34H32O9/c1-3-31(35)40-24-8-6-5-7-23-39-27-16-12-26(13-17-27)34(38)43-30-20-18-29(19-21-30)42-33(37)22-11-25-9-14-28(15-10-25)41-32(36)4-2/h3-4,9-22H,1-2,5-8,23-24H2/b22-11+. The summed E-state index contributed by atoms with van der Waals surface area (Å²) < 4.78 is 26.3. The molecule has 0 aliphatic carbocycles.